The number of hydrogen-bond acceptors (Lipinski definition) is 4. The van der Waals surface area contributed by atoms with Crippen LogP contribution in [0.4, 0.5) is 0 Å². The molecule has 0 saturated carbocycles. The Kier molecular flexibility index (Phi) is 13.2. The summed E-state index contributed by atoms with van der Waals surface area (Å²) in [5.74, 6) is 3.28. The van der Waals surface area contributed by atoms with Crippen LogP contribution in [0.15, 0.2) is 48.5 Å². The second kappa shape index (κ2) is 16.4. The largest absolute Gasteiger partial charge is 0.576 e. The topological polar surface area (TPSA) is 36.9 Å². The van der Waals surface area contributed by atoms with E-state index in [1.165, 1.54) is 51.4 Å². The van der Waals surface area contributed by atoms with Crippen molar-refractivity contribution in [2.75, 3.05) is 13.2 Å². The van der Waals surface area contributed by atoms with Gasteiger partial charge in [0, 0.05) is 0 Å². The molecule has 0 fully saturated rings. The van der Waals surface area contributed by atoms with Gasteiger partial charge in [-0.2, -0.15) is 0 Å². The van der Waals surface area contributed by atoms with Gasteiger partial charge in [-0.3, -0.25) is 0 Å². The summed E-state index contributed by atoms with van der Waals surface area (Å²) in [6.07, 6.45) is 12.4. The van der Waals surface area contributed by atoms with Crippen molar-refractivity contribution in [3.05, 3.63) is 48.5 Å². The molecule has 0 saturated heterocycles. The molecule has 0 spiro atoms. The van der Waals surface area contributed by atoms with Crippen LogP contribution in [-0.2, 0) is 0 Å². The average molecular weight is 426 g/mol. The van der Waals surface area contributed by atoms with E-state index in [1.807, 2.05) is 48.5 Å². The Balaban J connectivity index is 1.57. The van der Waals surface area contributed by atoms with Crippen LogP contribution in [0.1, 0.15) is 78.1 Å². The first-order valence-corrected chi connectivity index (χ1v) is 12.0. The molecule has 2 aromatic rings. The molecule has 2 aromatic carbocycles. The highest BCUT2D eigenvalue weighted by atomic mass is 16.6. The van der Waals surface area contributed by atoms with Gasteiger partial charge in [-0.1, -0.05) is 65.2 Å². The van der Waals surface area contributed by atoms with Gasteiger partial charge in [0.15, 0.2) is 0 Å². The Morgan fingerprint density at radius 1 is 0.484 bits per heavy atom. The van der Waals surface area contributed by atoms with Crippen LogP contribution >= 0.6 is 0 Å². The van der Waals surface area contributed by atoms with E-state index in [9.17, 15) is 0 Å². The molecule has 0 aliphatic carbocycles. The number of ether oxygens (including phenoxy) is 2. The van der Waals surface area contributed by atoms with Crippen molar-refractivity contribution in [1.29, 1.82) is 0 Å². The molecule has 0 aliphatic rings. The highest BCUT2D eigenvalue weighted by molar-refractivity contribution is 6.20. The van der Waals surface area contributed by atoms with Crippen LogP contribution in [-0.4, -0.2) is 20.9 Å². The first-order chi connectivity index (χ1) is 15.3. The zero-order valence-corrected chi connectivity index (χ0v) is 19.4. The van der Waals surface area contributed by atoms with Gasteiger partial charge in [0.25, 0.3) is 0 Å². The molecule has 2 rings (SSSR count). The van der Waals surface area contributed by atoms with E-state index in [0.717, 1.165) is 49.1 Å². The number of hydrogen-bond donors (Lipinski definition) is 0. The van der Waals surface area contributed by atoms with E-state index in [0.29, 0.717) is 0 Å². The first-order valence-electron chi connectivity index (χ1n) is 12.0. The second-order valence-corrected chi connectivity index (χ2v) is 7.87. The zero-order valence-electron chi connectivity index (χ0n) is 19.4. The summed E-state index contributed by atoms with van der Waals surface area (Å²) in [4.78, 5) is 0. The highest BCUT2D eigenvalue weighted by Gasteiger charge is 2.02. The Hall–Kier alpha value is -2.30. The molecule has 0 aliphatic heterocycles. The second-order valence-electron chi connectivity index (χ2n) is 7.87. The van der Waals surface area contributed by atoms with E-state index in [4.69, 9.17) is 18.8 Å². The first kappa shape index (κ1) is 25.0. The van der Waals surface area contributed by atoms with Gasteiger partial charge in [-0.25, -0.2) is 0 Å². The Morgan fingerprint density at radius 2 is 0.839 bits per heavy atom. The van der Waals surface area contributed by atoms with Crippen molar-refractivity contribution >= 4 is 7.69 Å². The Labute approximate surface area is 189 Å². The lowest BCUT2D eigenvalue weighted by atomic mass is 10.2. The number of unbranched alkanes of at least 4 members (excludes halogenated alkanes) is 8. The summed E-state index contributed by atoms with van der Waals surface area (Å²) in [6, 6.07) is 15.4. The van der Waals surface area contributed by atoms with Crippen LogP contribution < -0.4 is 18.8 Å². The summed E-state index contributed by atoms with van der Waals surface area (Å²) in [6.45, 7) is 6.00. The molecule has 170 valence electrons. The monoisotopic (exact) mass is 426 g/mol. The van der Waals surface area contributed by atoms with Crippen molar-refractivity contribution in [3.8, 4) is 23.0 Å². The van der Waals surface area contributed by atoms with E-state index in [2.05, 4.69) is 13.8 Å². The lowest BCUT2D eigenvalue weighted by Gasteiger charge is -2.10. The molecule has 0 heterocycles. The summed E-state index contributed by atoms with van der Waals surface area (Å²) in [5.41, 5.74) is 0. The molecule has 0 aromatic heterocycles. The Morgan fingerprint density at radius 3 is 1.23 bits per heavy atom. The quantitative estimate of drug-likeness (QED) is 0.188. The third kappa shape index (κ3) is 11.6. The van der Waals surface area contributed by atoms with Gasteiger partial charge in [0.05, 0.1) is 13.2 Å². The van der Waals surface area contributed by atoms with Crippen LogP contribution in [0.25, 0.3) is 0 Å². The fourth-order valence-electron chi connectivity index (χ4n) is 3.22. The van der Waals surface area contributed by atoms with E-state index < -0.39 is 0 Å². The minimum Gasteiger partial charge on any atom is -0.529 e. The van der Waals surface area contributed by atoms with Crippen molar-refractivity contribution in [2.24, 2.45) is 0 Å². The van der Waals surface area contributed by atoms with E-state index >= 15 is 0 Å². The van der Waals surface area contributed by atoms with Crippen molar-refractivity contribution < 1.29 is 18.8 Å². The standard InChI is InChI=1S/C26H39BO4/c1-3-5-7-9-11-21-28-23-13-17-25(18-14-23)30-27-31-26-19-15-24(16-20-26)29-22-12-10-8-6-4-2/h13-20,27H,3-12,21-22H2,1-2H3. The third-order valence-corrected chi connectivity index (χ3v) is 5.13. The normalized spacial score (nSPS) is 10.5. The van der Waals surface area contributed by atoms with Crippen molar-refractivity contribution in [1.82, 2.24) is 0 Å². The van der Waals surface area contributed by atoms with E-state index in [1.54, 1.807) is 0 Å². The summed E-state index contributed by atoms with van der Waals surface area (Å²) >= 11 is 0. The van der Waals surface area contributed by atoms with Gasteiger partial charge in [0.1, 0.15) is 23.0 Å². The van der Waals surface area contributed by atoms with Gasteiger partial charge < -0.3 is 18.8 Å². The SMILES string of the molecule is CCCCCCCOc1ccc(OBOc2ccc(OCCCCCCC)cc2)cc1. The van der Waals surface area contributed by atoms with Gasteiger partial charge in [-0.05, 0) is 61.4 Å². The van der Waals surface area contributed by atoms with Crippen LogP contribution in [0.2, 0.25) is 0 Å². The maximum atomic E-state index is 5.78. The molecule has 4 nitrogen and oxygen atoms in total. The maximum absolute atomic E-state index is 5.78. The molecule has 0 N–H and O–H groups in total. The van der Waals surface area contributed by atoms with Crippen LogP contribution in [0.5, 0.6) is 23.0 Å². The van der Waals surface area contributed by atoms with Gasteiger partial charge in [-0.15, -0.1) is 0 Å². The Bertz CT molecular complexity index is 613. The average Bonchev–Trinajstić information content (AvgIpc) is 2.80. The lowest BCUT2D eigenvalue weighted by Crippen LogP contribution is -2.10. The maximum Gasteiger partial charge on any atom is 0.576 e. The molecular weight excluding hydrogens is 387 g/mol. The summed E-state index contributed by atoms with van der Waals surface area (Å²) in [5, 5.41) is 0. The highest BCUT2D eigenvalue weighted by Crippen LogP contribution is 2.20. The summed E-state index contributed by atoms with van der Waals surface area (Å²) in [7, 11) is 0.162. The smallest absolute Gasteiger partial charge is 0.529 e. The predicted molar refractivity (Wildman–Crippen MR) is 130 cm³/mol. The molecule has 0 radical (unpaired) electrons. The molecule has 0 unspecified atom stereocenters. The fourth-order valence-corrected chi connectivity index (χ4v) is 3.22. The number of benzene rings is 2. The minimum atomic E-state index is 0.162. The third-order valence-electron chi connectivity index (χ3n) is 5.13. The minimum absolute atomic E-state index is 0.162. The van der Waals surface area contributed by atoms with Crippen molar-refractivity contribution in [2.45, 2.75) is 78.1 Å². The van der Waals surface area contributed by atoms with Gasteiger partial charge in [0.2, 0.25) is 0 Å². The molecule has 0 amide bonds. The van der Waals surface area contributed by atoms with Crippen molar-refractivity contribution in [3.63, 3.8) is 0 Å². The fraction of sp³-hybridized carbons (Fsp3) is 0.538. The molecule has 0 atom stereocenters. The predicted octanol–water partition coefficient (Wildman–Crippen LogP) is 7.11. The molecule has 5 heteroatoms. The molecule has 0 bridgehead atoms. The zero-order chi connectivity index (χ0) is 22.0. The summed E-state index contributed by atoms with van der Waals surface area (Å²) < 4.78 is 22.9. The lowest BCUT2D eigenvalue weighted by molar-refractivity contribution is 0.304. The van der Waals surface area contributed by atoms with Gasteiger partial charge >= 0.3 is 7.69 Å². The molecule has 31 heavy (non-hydrogen) atoms. The molecular formula is C26H39BO4. The number of rotatable bonds is 18. The van der Waals surface area contributed by atoms with E-state index in [-0.39, 0.29) is 7.69 Å². The van der Waals surface area contributed by atoms with Crippen LogP contribution in [0, 0.1) is 0 Å². The van der Waals surface area contributed by atoms with Crippen LogP contribution in [0.3, 0.4) is 0 Å².